The average molecular weight is 388 g/mol. The molecule has 1 aromatic carbocycles. The van der Waals surface area contributed by atoms with Crippen LogP contribution in [0.3, 0.4) is 0 Å². The van der Waals surface area contributed by atoms with Crippen molar-refractivity contribution in [1.29, 1.82) is 0 Å². The minimum atomic E-state index is -0.328. The molecule has 1 fully saturated rings. The number of nitrogens with zero attached hydrogens (tertiary/aromatic N) is 2. The second kappa shape index (κ2) is 8.54. The van der Waals surface area contributed by atoms with Gasteiger partial charge in [-0.2, -0.15) is 0 Å². The number of anilines is 1. The molecule has 2 amide bonds. The Morgan fingerprint density at radius 1 is 1.33 bits per heavy atom. The first-order valence-electron chi connectivity index (χ1n) is 8.91. The van der Waals surface area contributed by atoms with E-state index in [0.29, 0.717) is 13.1 Å². The minimum Gasteiger partial charge on any atom is -0.497 e. The zero-order chi connectivity index (χ0) is 19.4. The Morgan fingerprint density at radius 2 is 2.07 bits per heavy atom. The summed E-state index contributed by atoms with van der Waals surface area (Å²) in [5.74, 6) is 0.319. The number of thiophene rings is 1. The van der Waals surface area contributed by atoms with E-state index < -0.39 is 0 Å². The molecule has 0 bridgehead atoms. The number of methoxy groups -OCH3 is 1. The number of rotatable bonds is 7. The van der Waals surface area contributed by atoms with Gasteiger partial charge < -0.3 is 19.9 Å². The number of carbonyl (C=O) groups is 2. The Hall–Kier alpha value is -2.38. The summed E-state index contributed by atoms with van der Waals surface area (Å²) < 4.78 is 5.15. The molecular weight excluding hydrogens is 362 g/mol. The van der Waals surface area contributed by atoms with Crippen LogP contribution in [-0.2, 0) is 9.59 Å². The Morgan fingerprint density at radius 3 is 2.67 bits per heavy atom. The van der Waals surface area contributed by atoms with Crippen molar-refractivity contribution in [3.8, 4) is 5.75 Å². The smallest absolute Gasteiger partial charge is 0.227 e. The molecule has 1 saturated heterocycles. The number of amides is 2. The van der Waals surface area contributed by atoms with E-state index in [2.05, 4.69) is 16.3 Å². The van der Waals surface area contributed by atoms with Crippen molar-refractivity contribution in [3.63, 3.8) is 0 Å². The maximum atomic E-state index is 12.6. The summed E-state index contributed by atoms with van der Waals surface area (Å²) in [6.45, 7) is 0.933. The first-order valence-corrected chi connectivity index (χ1v) is 9.79. The molecule has 27 heavy (non-hydrogen) atoms. The molecule has 0 radical (unpaired) electrons. The van der Waals surface area contributed by atoms with Crippen LogP contribution in [0.25, 0.3) is 0 Å². The number of benzene rings is 1. The van der Waals surface area contributed by atoms with Gasteiger partial charge in [0.2, 0.25) is 11.8 Å². The van der Waals surface area contributed by atoms with Crippen molar-refractivity contribution >= 4 is 28.8 Å². The molecule has 2 atom stereocenters. The van der Waals surface area contributed by atoms with Gasteiger partial charge in [-0.25, -0.2) is 0 Å². The number of ether oxygens (including phenoxy) is 1. The van der Waals surface area contributed by atoms with E-state index in [1.807, 2.05) is 49.8 Å². The van der Waals surface area contributed by atoms with Crippen LogP contribution in [-0.4, -0.2) is 51.0 Å². The van der Waals surface area contributed by atoms with Gasteiger partial charge in [0.1, 0.15) is 5.75 Å². The first-order chi connectivity index (χ1) is 13.0. The summed E-state index contributed by atoms with van der Waals surface area (Å²) in [6.07, 6.45) is 0.240. The van der Waals surface area contributed by atoms with Gasteiger partial charge in [0.25, 0.3) is 0 Å². The molecule has 2 unspecified atom stereocenters. The lowest BCUT2D eigenvalue weighted by Gasteiger charge is -2.24. The van der Waals surface area contributed by atoms with Gasteiger partial charge in [0.15, 0.2) is 0 Å². The lowest BCUT2D eigenvalue weighted by atomic mass is 10.1. The third-order valence-corrected chi connectivity index (χ3v) is 5.82. The highest BCUT2D eigenvalue weighted by Gasteiger charge is 2.35. The maximum Gasteiger partial charge on any atom is 0.227 e. The number of carbonyl (C=O) groups excluding carboxylic acids is 2. The number of nitrogens with one attached hydrogen (secondary N) is 1. The standard InChI is InChI=1S/C20H25N3O3S/c1-22(2)17(18-5-4-10-27-18)12-21-20(25)14-11-19(24)23(13-14)15-6-8-16(26-3)9-7-15/h4-10,14,17H,11-13H2,1-3H3,(H,21,25). The van der Waals surface area contributed by atoms with E-state index in [9.17, 15) is 9.59 Å². The Bertz CT molecular complexity index is 774. The molecule has 1 aliphatic rings. The molecule has 1 aliphatic heterocycles. The van der Waals surface area contributed by atoms with Gasteiger partial charge in [-0.05, 0) is 49.8 Å². The van der Waals surface area contributed by atoms with Crippen molar-refractivity contribution in [2.24, 2.45) is 5.92 Å². The maximum absolute atomic E-state index is 12.6. The highest BCUT2D eigenvalue weighted by molar-refractivity contribution is 7.10. The van der Waals surface area contributed by atoms with Gasteiger partial charge >= 0.3 is 0 Å². The van der Waals surface area contributed by atoms with E-state index >= 15 is 0 Å². The van der Waals surface area contributed by atoms with Crippen LogP contribution in [0.2, 0.25) is 0 Å². The first kappa shape index (κ1) is 19.4. The predicted octanol–water partition coefficient (Wildman–Crippen LogP) is 2.53. The molecule has 6 nitrogen and oxygen atoms in total. The zero-order valence-electron chi connectivity index (χ0n) is 15.8. The van der Waals surface area contributed by atoms with Crippen LogP contribution in [0.5, 0.6) is 5.75 Å². The molecule has 3 rings (SSSR count). The minimum absolute atomic E-state index is 0.0252. The summed E-state index contributed by atoms with van der Waals surface area (Å²) in [4.78, 5) is 30.0. The molecule has 2 aromatic rings. The molecule has 1 N–H and O–H groups in total. The van der Waals surface area contributed by atoms with Crippen molar-refractivity contribution in [2.45, 2.75) is 12.5 Å². The fourth-order valence-electron chi connectivity index (χ4n) is 3.26. The zero-order valence-corrected chi connectivity index (χ0v) is 16.7. The van der Waals surface area contributed by atoms with Crippen molar-refractivity contribution in [3.05, 3.63) is 46.7 Å². The quantitative estimate of drug-likeness (QED) is 0.793. The van der Waals surface area contributed by atoms with E-state index in [1.54, 1.807) is 23.3 Å². The van der Waals surface area contributed by atoms with Gasteiger partial charge in [0, 0.05) is 30.1 Å². The fraction of sp³-hybridized carbons (Fsp3) is 0.400. The molecule has 144 valence electrons. The number of hydrogen-bond acceptors (Lipinski definition) is 5. The molecule has 7 heteroatoms. The fourth-order valence-corrected chi connectivity index (χ4v) is 4.18. The SMILES string of the molecule is COc1ccc(N2CC(C(=O)NCC(c3cccs3)N(C)C)CC2=O)cc1. The van der Waals surface area contributed by atoms with Crippen LogP contribution in [0.4, 0.5) is 5.69 Å². The van der Waals surface area contributed by atoms with Gasteiger partial charge in [-0.15, -0.1) is 11.3 Å². The molecule has 1 aromatic heterocycles. The van der Waals surface area contributed by atoms with Crippen LogP contribution in [0, 0.1) is 5.92 Å². The summed E-state index contributed by atoms with van der Waals surface area (Å²) >= 11 is 1.68. The highest BCUT2D eigenvalue weighted by atomic mass is 32.1. The van der Waals surface area contributed by atoms with Crippen LogP contribution in [0.15, 0.2) is 41.8 Å². The van der Waals surface area contributed by atoms with Crippen LogP contribution >= 0.6 is 11.3 Å². The van der Waals surface area contributed by atoms with Crippen molar-refractivity contribution in [1.82, 2.24) is 10.2 Å². The Kier molecular flexibility index (Phi) is 6.13. The Labute approximate surface area is 163 Å². The molecule has 2 heterocycles. The predicted molar refractivity (Wildman–Crippen MR) is 107 cm³/mol. The summed E-state index contributed by atoms with van der Waals surface area (Å²) in [5, 5.41) is 5.07. The second-order valence-corrected chi connectivity index (χ2v) is 7.82. The van der Waals surface area contributed by atoms with E-state index in [1.165, 1.54) is 4.88 Å². The van der Waals surface area contributed by atoms with Gasteiger partial charge in [0.05, 0.1) is 19.1 Å². The lowest BCUT2D eigenvalue weighted by Crippen LogP contribution is -2.38. The molecule has 0 saturated carbocycles. The second-order valence-electron chi connectivity index (χ2n) is 6.84. The number of hydrogen-bond donors (Lipinski definition) is 1. The summed E-state index contributed by atoms with van der Waals surface area (Å²) in [5.41, 5.74) is 0.792. The third kappa shape index (κ3) is 4.48. The molecular formula is C20H25N3O3S. The summed E-state index contributed by atoms with van der Waals surface area (Å²) in [6, 6.07) is 11.5. The van der Waals surface area contributed by atoms with Crippen molar-refractivity contribution < 1.29 is 14.3 Å². The lowest BCUT2D eigenvalue weighted by molar-refractivity contribution is -0.126. The van der Waals surface area contributed by atoms with Crippen LogP contribution in [0.1, 0.15) is 17.3 Å². The Balaban J connectivity index is 1.60. The molecule has 0 aliphatic carbocycles. The largest absolute Gasteiger partial charge is 0.497 e. The summed E-state index contributed by atoms with van der Waals surface area (Å²) in [7, 11) is 5.61. The third-order valence-electron chi connectivity index (χ3n) is 4.84. The van der Waals surface area contributed by atoms with Crippen LogP contribution < -0.4 is 15.0 Å². The van der Waals surface area contributed by atoms with Gasteiger partial charge in [-0.1, -0.05) is 6.07 Å². The number of likely N-dealkylation sites (N-methyl/N-ethyl adjacent to an activating group) is 1. The topological polar surface area (TPSA) is 61.9 Å². The monoisotopic (exact) mass is 387 g/mol. The van der Waals surface area contributed by atoms with E-state index in [-0.39, 0.29) is 30.2 Å². The highest BCUT2D eigenvalue weighted by Crippen LogP contribution is 2.27. The normalized spacial score (nSPS) is 18.0. The van der Waals surface area contributed by atoms with E-state index in [0.717, 1.165) is 11.4 Å². The molecule has 0 spiro atoms. The van der Waals surface area contributed by atoms with Gasteiger partial charge in [-0.3, -0.25) is 9.59 Å². The van der Waals surface area contributed by atoms with Crippen molar-refractivity contribution in [2.75, 3.05) is 39.2 Å². The average Bonchev–Trinajstić information content (AvgIpc) is 3.31. The van der Waals surface area contributed by atoms with E-state index in [4.69, 9.17) is 4.74 Å².